The van der Waals surface area contributed by atoms with Gasteiger partial charge in [-0.15, -0.1) is 0 Å². The molecule has 3 heterocycles. The number of rotatable bonds is 30. The zero-order valence-electron chi connectivity index (χ0n) is 35.0. The van der Waals surface area contributed by atoms with Gasteiger partial charge in [0.25, 0.3) is 0 Å². The van der Waals surface area contributed by atoms with Crippen LogP contribution in [-0.2, 0) is 55.7 Å². The second kappa shape index (κ2) is 25.9. The monoisotopic (exact) mass is 981 g/mol. The molecule has 30 heteroatoms. The van der Waals surface area contributed by atoms with Crippen LogP contribution in [-0.4, -0.2) is 130 Å². The third kappa shape index (κ3) is 19.4. The summed E-state index contributed by atoms with van der Waals surface area (Å²) >= 11 is 0.804. The summed E-state index contributed by atoms with van der Waals surface area (Å²) in [5, 5.41) is 25.7. The first kappa shape index (κ1) is 54.7. The van der Waals surface area contributed by atoms with Crippen LogP contribution in [0, 0.1) is 5.41 Å². The number of hydrogen-bond acceptors (Lipinski definition) is 20. The molecule has 1 fully saturated rings. The number of nitrogens with zero attached hydrogens (tertiary/aromatic N) is 4. The predicted octanol–water partition coefficient (Wildman–Crippen LogP) is 2.74. The zero-order valence-corrected chi connectivity index (χ0v) is 38.5. The number of nitrogens with two attached hydrogens (primary N) is 1. The fraction of sp³-hybridized carbons (Fsp3) is 0.758. The Hall–Kier alpha value is -2.68. The van der Waals surface area contributed by atoms with Crippen molar-refractivity contribution < 1.29 is 90.3 Å². The van der Waals surface area contributed by atoms with Crippen molar-refractivity contribution in [3.8, 4) is 0 Å². The third-order valence-corrected chi connectivity index (χ3v) is 13.0. The SMILES string of the molecule is CCCCCCCCCCCOOC(=O)SCCNC(=O)CCNC(=O)[C@H](O)C(C)(C)COP(=O)(O)OP(=O)(O)OC[C@H]1O[C@@H](n2cnc3c(N)ncnc32)[C@H](O)[C@@H]1OP(=O)(O)O. The van der Waals surface area contributed by atoms with Crippen molar-refractivity contribution in [1.82, 2.24) is 30.2 Å². The standard InChI is InChI=1S/C33H58N7O19P3S/c1-4-5-6-7-8-9-10-11-12-16-53-57-32(45)63-17-15-35-23(41)13-14-36-30(44)27(43)33(2,3)19-55-62(51,52)59-61(49,50)54-18-22-26(58-60(46,47)48)25(42)31(56-22)40-21-39-24-28(34)37-20-38-29(24)40/h20-22,25-27,31,42-43H,4-19H2,1-3H3,(H,35,41)(H,36,44)(H,49,50)(H,51,52)(H2,34,37,38)(H2,46,47,48)/t22-,25-,26-,27+,31-/m1/s1. The van der Waals surface area contributed by atoms with E-state index < -0.39 is 89.9 Å². The number of ether oxygens (including phenoxy) is 1. The first-order chi connectivity index (χ1) is 29.6. The molecule has 63 heavy (non-hydrogen) atoms. The first-order valence-corrected chi connectivity index (χ1v) is 25.4. The first-order valence-electron chi connectivity index (χ1n) is 19.9. The number of anilines is 1. The molecule has 0 saturated carbocycles. The van der Waals surface area contributed by atoms with Crippen molar-refractivity contribution in [3.63, 3.8) is 0 Å². The molecule has 0 radical (unpaired) electrons. The summed E-state index contributed by atoms with van der Waals surface area (Å²) in [4.78, 5) is 97.3. The molecular formula is C33H58N7O19P3S. The summed E-state index contributed by atoms with van der Waals surface area (Å²) in [5.41, 5.74) is 4.25. The van der Waals surface area contributed by atoms with E-state index >= 15 is 0 Å². The van der Waals surface area contributed by atoms with Crippen molar-refractivity contribution in [2.24, 2.45) is 5.41 Å². The molecule has 0 aromatic carbocycles. The molecule has 0 bridgehead atoms. The molecule has 2 aromatic rings. The number of nitrogen functional groups attached to an aromatic ring is 1. The highest BCUT2D eigenvalue weighted by Crippen LogP contribution is 2.61. The molecule has 1 aliphatic rings. The van der Waals surface area contributed by atoms with Crippen molar-refractivity contribution in [2.45, 2.75) is 116 Å². The maximum atomic E-state index is 12.7. The van der Waals surface area contributed by atoms with Gasteiger partial charge in [-0.25, -0.2) is 33.4 Å². The highest BCUT2D eigenvalue weighted by atomic mass is 32.2. The summed E-state index contributed by atoms with van der Waals surface area (Å²) in [6.07, 6.45) is 3.26. The van der Waals surface area contributed by atoms with E-state index in [1.165, 1.54) is 52.4 Å². The average molecular weight is 982 g/mol. The average Bonchev–Trinajstić information content (AvgIpc) is 3.76. The Balaban J connectivity index is 1.35. The van der Waals surface area contributed by atoms with Crippen LogP contribution in [0.4, 0.5) is 10.6 Å². The number of carbonyl (C=O) groups is 3. The Morgan fingerprint density at radius 3 is 2.27 bits per heavy atom. The van der Waals surface area contributed by atoms with E-state index in [1.54, 1.807) is 0 Å². The number of phosphoric ester groups is 3. The Labute approximate surface area is 367 Å². The zero-order chi connectivity index (χ0) is 46.8. The molecule has 1 saturated heterocycles. The van der Waals surface area contributed by atoms with Gasteiger partial charge >= 0.3 is 28.8 Å². The van der Waals surface area contributed by atoms with Crippen molar-refractivity contribution in [1.29, 1.82) is 0 Å². The summed E-state index contributed by atoms with van der Waals surface area (Å²) in [5.74, 6) is -1.33. The number of thioether (sulfide) groups is 1. The second-order valence-corrected chi connectivity index (χ2v) is 20.2. The number of aromatic nitrogens is 4. The normalized spacial score (nSPS) is 20.5. The van der Waals surface area contributed by atoms with Crippen molar-refractivity contribution in [3.05, 3.63) is 12.7 Å². The number of hydrogen-bond donors (Lipinski definition) is 9. The number of fused-ring (bicyclic) bond motifs is 1. The van der Waals surface area contributed by atoms with Gasteiger partial charge in [-0.2, -0.15) is 9.20 Å². The molecule has 7 atom stereocenters. The van der Waals surface area contributed by atoms with Crippen LogP contribution in [0.25, 0.3) is 11.2 Å². The van der Waals surface area contributed by atoms with Gasteiger partial charge in [-0.1, -0.05) is 72.1 Å². The summed E-state index contributed by atoms with van der Waals surface area (Å²) in [6.45, 7) is 2.81. The number of aliphatic hydroxyl groups is 2. The molecule has 2 aromatic heterocycles. The minimum atomic E-state index is -5.58. The second-order valence-electron chi connectivity index (χ2n) is 14.9. The number of amides is 2. The molecule has 26 nitrogen and oxygen atoms in total. The summed E-state index contributed by atoms with van der Waals surface area (Å²) < 4.78 is 62.2. The molecule has 2 unspecified atom stereocenters. The number of nitrogens with one attached hydrogen (secondary N) is 2. The quantitative estimate of drug-likeness (QED) is 0.0235. The molecule has 3 rings (SSSR count). The minimum Gasteiger partial charge on any atom is -0.386 e. The highest BCUT2D eigenvalue weighted by Gasteiger charge is 2.50. The molecule has 10 N–H and O–H groups in total. The van der Waals surface area contributed by atoms with Gasteiger partial charge in [0, 0.05) is 30.7 Å². The smallest absolute Gasteiger partial charge is 0.386 e. The number of aliphatic hydroxyl groups excluding tert-OH is 2. The van der Waals surface area contributed by atoms with E-state index in [4.69, 9.17) is 29.3 Å². The predicted molar refractivity (Wildman–Crippen MR) is 222 cm³/mol. The van der Waals surface area contributed by atoms with E-state index in [9.17, 15) is 57.9 Å². The Bertz CT molecular complexity index is 1930. The molecule has 0 aliphatic carbocycles. The maximum Gasteiger partial charge on any atom is 0.481 e. The van der Waals surface area contributed by atoms with Gasteiger partial charge < -0.3 is 50.9 Å². The van der Waals surface area contributed by atoms with Gasteiger partial charge in [0.15, 0.2) is 17.7 Å². The van der Waals surface area contributed by atoms with E-state index in [1.807, 2.05) is 0 Å². The maximum absolute atomic E-state index is 12.7. The van der Waals surface area contributed by atoms with E-state index in [0.717, 1.165) is 48.2 Å². The molecule has 0 spiro atoms. The molecule has 360 valence electrons. The Morgan fingerprint density at radius 1 is 0.952 bits per heavy atom. The molecule has 1 aliphatic heterocycles. The van der Waals surface area contributed by atoms with Crippen molar-refractivity contribution in [2.75, 3.05) is 44.4 Å². The van der Waals surface area contributed by atoms with Crippen molar-refractivity contribution >= 4 is 69.3 Å². The number of phosphoric acid groups is 3. The van der Waals surface area contributed by atoms with E-state index in [-0.39, 0.29) is 42.2 Å². The van der Waals surface area contributed by atoms with Gasteiger partial charge in [0.1, 0.15) is 36.3 Å². The topological polar surface area (TPSA) is 382 Å². The van der Waals surface area contributed by atoms with Gasteiger partial charge in [0.05, 0.1) is 26.1 Å². The van der Waals surface area contributed by atoms with Gasteiger partial charge in [-0.3, -0.25) is 32.6 Å². The largest absolute Gasteiger partial charge is 0.481 e. The number of carbonyl (C=O) groups excluding carboxylic acids is 3. The molecule has 2 amide bonds. The van der Waals surface area contributed by atoms with Crippen LogP contribution < -0.4 is 16.4 Å². The van der Waals surface area contributed by atoms with Crippen LogP contribution in [0.15, 0.2) is 12.7 Å². The fourth-order valence-electron chi connectivity index (χ4n) is 5.85. The summed E-state index contributed by atoms with van der Waals surface area (Å²) in [6, 6.07) is 0. The van der Waals surface area contributed by atoms with E-state index in [0.29, 0.717) is 6.61 Å². The van der Waals surface area contributed by atoms with Crippen LogP contribution in [0.2, 0.25) is 0 Å². The van der Waals surface area contributed by atoms with Crippen LogP contribution >= 0.6 is 35.2 Å². The third-order valence-electron chi connectivity index (χ3n) is 9.18. The lowest BCUT2D eigenvalue weighted by molar-refractivity contribution is -0.230. The van der Waals surface area contributed by atoms with Gasteiger partial charge in [-0.05, 0) is 18.2 Å². The Morgan fingerprint density at radius 2 is 1.60 bits per heavy atom. The van der Waals surface area contributed by atoms with Crippen LogP contribution in [0.3, 0.4) is 0 Å². The highest BCUT2D eigenvalue weighted by molar-refractivity contribution is 8.13. The lowest BCUT2D eigenvalue weighted by atomic mass is 9.87. The Kier molecular flexibility index (Phi) is 22.4. The molecular weight excluding hydrogens is 923 g/mol. The fourth-order valence-corrected chi connectivity index (χ4v) is 9.15. The lowest BCUT2D eigenvalue weighted by Crippen LogP contribution is -2.46. The number of imidazole rings is 1. The van der Waals surface area contributed by atoms with Crippen LogP contribution in [0.5, 0.6) is 0 Å². The van der Waals surface area contributed by atoms with Crippen LogP contribution in [0.1, 0.15) is 91.2 Å². The number of unbranched alkanes of at least 4 members (excludes halogenated alkanes) is 8. The lowest BCUT2D eigenvalue weighted by Gasteiger charge is -2.30. The van der Waals surface area contributed by atoms with E-state index in [2.05, 4.69) is 41.3 Å². The minimum absolute atomic E-state index is 0.0273. The summed E-state index contributed by atoms with van der Waals surface area (Å²) in [7, 11) is -16.4. The van der Waals surface area contributed by atoms with Gasteiger partial charge in [0.2, 0.25) is 11.8 Å².